The van der Waals surface area contributed by atoms with Gasteiger partial charge in [-0.3, -0.25) is 14.2 Å². The smallest absolute Gasteiger partial charge is 0.228 e. The molecule has 32 heavy (non-hydrogen) atoms. The second kappa shape index (κ2) is 7.89. The normalized spacial score (nSPS) is 19.5. The van der Waals surface area contributed by atoms with Crippen LogP contribution < -0.4 is 5.32 Å². The Morgan fingerprint density at radius 2 is 2.09 bits per heavy atom. The second-order valence-corrected chi connectivity index (χ2v) is 10.00. The van der Waals surface area contributed by atoms with Gasteiger partial charge < -0.3 is 5.32 Å². The summed E-state index contributed by atoms with van der Waals surface area (Å²) in [5.41, 5.74) is 5.45. The standard InChI is InChI=1S/C24H27ClN6O/c1-24(2)11-21-18(12-28-31(21)14-24)17-10-22(26-13-19(17)25)29-23(32)16-6-4-5-15(9-16)20-7-8-27-30(20)3/h5,7-8,10,12-13,16H,4,6,9,11,14H2,1-3H3,(H,26,29,32)/t16-/m0/s1. The molecule has 1 aliphatic heterocycles. The van der Waals surface area contributed by atoms with Gasteiger partial charge in [0.25, 0.3) is 0 Å². The predicted molar refractivity (Wildman–Crippen MR) is 125 cm³/mol. The molecule has 4 heterocycles. The Kier molecular flexibility index (Phi) is 5.16. The second-order valence-electron chi connectivity index (χ2n) is 9.59. The average Bonchev–Trinajstić information content (AvgIpc) is 3.43. The van der Waals surface area contributed by atoms with E-state index in [1.165, 1.54) is 11.3 Å². The third-order valence-electron chi connectivity index (χ3n) is 6.46. The van der Waals surface area contributed by atoms with E-state index in [1.54, 1.807) is 12.4 Å². The molecular weight excluding hydrogens is 424 g/mol. The van der Waals surface area contributed by atoms with Gasteiger partial charge in [-0.25, -0.2) is 4.98 Å². The Morgan fingerprint density at radius 3 is 2.88 bits per heavy atom. The molecule has 0 radical (unpaired) electrons. The van der Waals surface area contributed by atoms with Gasteiger partial charge in [-0.15, -0.1) is 0 Å². The Balaban J connectivity index is 1.35. The maximum Gasteiger partial charge on any atom is 0.228 e. The Labute approximate surface area is 192 Å². The highest BCUT2D eigenvalue weighted by Gasteiger charge is 2.32. The van der Waals surface area contributed by atoms with Crippen molar-refractivity contribution in [2.75, 3.05) is 5.32 Å². The molecular formula is C24H27ClN6O. The molecule has 0 unspecified atom stereocenters. The van der Waals surface area contributed by atoms with Crippen molar-refractivity contribution in [3.8, 4) is 11.1 Å². The summed E-state index contributed by atoms with van der Waals surface area (Å²) >= 11 is 6.51. The number of carbonyl (C=O) groups is 1. The van der Waals surface area contributed by atoms with Gasteiger partial charge in [-0.05, 0) is 48.8 Å². The first-order valence-electron chi connectivity index (χ1n) is 11.0. The summed E-state index contributed by atoms with van der Waals surface area (Å²) in [7, 11) is 1.92. The van der Waals surface area contributed by atoms with Crippen molar-refractivity contribution in [1.82, 2.24) is 24.5 Å². The minimum Gasteiger partial charge on any atom is -0.310 e. The van der Waals surface area contributed by atoms with E-state index in [0.29, 0.717) is 17.3 Å². The van der Waals surface area contributed by atoms with Crippen molar-refractivity contribution in [1.29, 1.82) is 0 Å². The number of anilines is 1. The van der Waals surface area contributed by atoms with E-state index in [4.69, 9.17) is 11.6 Å². The lowest BCUT2D eigenvalue weighted by Crippen LogP contribution is -2.25. The van der Waals surface area contributed by atoms with Gasteiger partial charge in [0.2, 0.25) is 5.91 Å². The van der Waals surface area contributed by atoms with Crippen LogP contribution in [0.3, 0.4) is 0 Å². The Hall–Kier alpha value is -2.93. The molecule has 3 aromatic rings. The van der Waals surface area contributed by atoms with Gasteiger partial charge in [0.05, 0.1) is 16.9 Å². The van der Waals surface area contributed by atoms with Crippen LogP contribution in [0.2, 0.25) is 5.02 Å². The summed E-state index contributed by atoms with van der Waals surface area (Å²) in [5, 5.41) is 12.4. The largest absolute Gasteiger partial charge is 0.310 e. The van der Waals surface area contributed by atoms with Crippen molar-refractivity contribution in [2.45, 2.75) is 46.1 Å². The molecule has 2 aliphatic rings. The van der Waals surface area contributed by atoms with Crippen molar-refractivity contribution in [3.63, 3.8) is 0 Å². The minimum absolute atomic E-state index is 0.0140. The molecule has 166 valence electrons. The number of aromatic nitrogens is 5. The first kappa shape index (κ1) is 20.9. The summed E-state index contributed by atoms with van der Waals surface area (Å²) in [5.74, 6) is 0.398. The number of pyridine rings is 1. The fourth-order valence-corrected chi connectivity index (χ4v) is 5.05. The molecule has 1 amide bonds. The predicted octanol–water partition coefficient (Wildman–Crippen LogP) is 4.74. The molecule has 0 spiro atoms. The van der Waals surface area contributed by atoms with Crippen molar-refractivity contribution in [3.05, 3.63) is 53.2 Å². The highest BCUT2D eigenvalue weighted by molar-refractivity contribution is 6.33. The number of hydrogen-bond acceptors (Lipinski definition) is 4. The molecule has 5 rings (SSSR count). The van der Waals surface area contributed by atoms with Crippen LogP contribution in [0.15, 0.2) is 36.8 Å². The van der Waals surface area contributed by atoms with Crippen LogP contribution in [0.1, 0.15) is 44.5 Å². The maximum atomic E-state index is 13.1. The molecule has 0 aromatic carbocycles. The number of rotatable bonds is 4. The molecule has 3 aromatic heterocycles. The number of aryl methyl sites for hydroxylation is 1. The highest BCUT2D eigenvalue weighted by atomic mass is 35.5. The maximum absolute atomic E-state index is 13.1. The molecule has 0 saturated heterocycles. The van der Waals surface area contributed by atoms with Crippen LogP contribution in [0.4, 0.5) is 5.82 Å². The molecule has 0 fully saturated rings. The van der Waals surface area contributed by atoms with Gasteiger partial charge in [-0.2, -0.15) is 10.2 Å². The number of carbonyl (C=O) groups excluding carboxylic acids is 1. The fourth-order valence-electron chi connectivity index (χ4n) is 4.85. The summed E-state index contributed by atoms with van der Waals surface area (Å²) < 4.78 is 3.91. The zero-order valence-electron chi connectivity index (χ0n) is 18.6. The molecule has 1 aliphatic carbocycles. The van der Waals surface area contributed by atoms with E-state index in [0.717, 1.165) is 42.6 Å². The summed E-state index contributed by atoms with van der Waals surface area (Å²) in [6.07, 6.45) is 10.8. The zero-order valence-corrected chi connectivity index (χ0v) is 19.4. The number of halogens is 1. The van der Waals surface area contributed by atoms with Crippen molar-refractivity contribution < 1.29 is 4.79 Å². The quantitative estimate of drug-likeness (QED) is 0.622. The molecule has 8 heteroatoms. The summed E-state index contributed by atoms with van der Waals surface area (Å²) in [4.78, 5) is 17.4. The lowest BCUT2D eigenvalue weighted by molar-refractivity contribution is -0.120. The number of fused-ring (bicyclic) bond motifs is 1. The minimum atomic E-state index is -0.105. The zero-order chi connectivity index (χ0) is 22.5. The van der Waals surface area contributed by atoms with E-state index < -0.39 is 0 Å². The van der Waals surface area contributed by atoms with E-state index in [9.17, 15) is 4.79 Å². The summed E-state index contributed by atoms with van der Waals surface area (Å²) in [6.45, 7) is 5.37. The van der Waals surface area contributed by atoms with Crippen LogP contribution in [0.5, 0.6) is 0 Å². The number of amides is 1. The fraction of sp³-hybridized carbons (Fsp3) is 0.417. The van der Waals surface area contributed by atoms with Gasteiger partial charge in [0.1, 0.15) is 5.82 Å². The Morgan fingerprint density at radius 1 is 1.25 bits per heavy atom. The first-order valence-corrected chi connectivity index (χ1v) is 11.4. The van der Waals surface area contributed by atoms with Gasteiger partial charge in [0, 0.05) is 48.7 Å². The van der Waals surface area contributed by atoms with E-state index in [-0.39, 0.29) is 17.2 Å². The van der Waals surface area contributed by atoms with Crippen molar-refractivity contribution >= 4 is 28.9 Å². The first-order chi connectivity index (χ1) is 15.3. The molecule has 1 atom stereocenters. The number of hydrogen-bond donors (Lipinski definition) is 1. The van der Waals surface area contributed by atoms with Gasteiger partial charge in [-0.1, -0.05) is 31.5 Å². The molecule has 0 saturated carbocycles. The van der Waals surface area contributed by atoms with Crippen LogP contribution in [-0.4, -0.2) is 30.5 Å². The summed E-state index contributed by atoms with van der Waals surface area (Å²) in [6, 6.07) is 3.86. The number of nitrogens with zero attached hydrogens (tertiary/aromatic N) is 5. The molecule has 7 nitrogen and oxygen atoms in total. The van der Waals surface area contributed by atoms with Gasteiger partial charge in [0.15, 0.2) is 0 Å². The SMILES string of the molecule is Cn1nccc1C1=CCC[C@H](C(=O)Nc2cc(-c3cnn4c3CC(C)(C)C4)c(Cl)cn2)C1. The lowest BCUT2D eigenvalue weighted by atomic mass is 9.86. The lowest BCUT2D eigenvalue weighted by Gasteiger charge is -2.22. The van der Waals surface area contributed by atoms with Crippen LogP contribution >= 0.6 is 11.6 Å². The molecule has 0 bridgehead atoms. The van der Waals surface area contributed by atoms with Crippen molar-refractivity contribution in [2.24, 2.45) is 18.4 Å². The molecule has 1 N–H and O–H groups in total. The monoisotopic (exact) mass is 450 g/mol. The van der Waals surface area contributed by atoms with Gasteiger partial charge >= 0.3 is 0 Å². The van der Waals surface area contributed by atoms with E-state index >= 15 is 0 Å². The average molecular weight is 451 g/mol. The highest BCUT2D eigenvalue weighted by Crippen LogP contribution is 2.39. The van der Waals surface area contributed by atoms with Crippen LogP contribution in [0.25, 0.3) is 16.7 Å². The third kappa shape index (κ3) is 3.86. The topological polar surface area (TPSA) is 77.6 Å². The van der Waals surface area contributed by atoms with E-state index in [2.05, 4.69) is 45.1 Å². The number of nitrogens with one attached hydrogen (secondary N) is 1. The Bertz CT molecular complexity index is 1220. The van der Waals surface area contributed by atoms with E-state index in [1.807, 2.05) is 30.1 Å². The van der Waals surface area contributed by atoms with Crippen LogP contribution in [-0.2, 0) is 24.8 Å². The number of allylic oxidation sites excluding steroid dienone is 2. The third-order valence-corrected chi connectivity index (χ3v) is 6.76. The van der Waals surface area contributed by atoms with Crippen LogP contribution in [0, 0.1) is 11.3 Å².